The van der Waals surface area contributed by atoms with Crippen molar-refractivity contribution >= 4 is 11.7 Å². The van der Waals surface area contributed by atoms with Crippen LogP contribution in [0, 0.1) is 5.82 Å². The van der Waals surface area contributed by atoms with Crippen molar-refractivity contribution in [2.45, 2.75) is 12.3 Å². The van der Waals surface area contributed by atoms with Crippen LogP contribution in [0.5, 0.6) is 5.75 Å². The molecule has 23 heavy (non-hydrogen) atoms. The van der Waals surface area contributed by atoms with E-state index in [1.165, 1.54) is 12.1 Å². The molecule has 4 nitrogen and oxygen atoms in total. The fourth-order valence-electron chi connectivity index (χ4n) is 2.32. The fourth-order valence-corrected chi connectivity index (χ4v) is 2.32. The van der Waals surface area contributed by atoms with Gasteiger partial charge >= 0.3 is 5.97 Å². The van der Waals surface area contributed by atoms with E-state index in [-0.39, 0.29) is 18.6 Å². The Morgan fingerprint density at radius 2 is 1.96 bits per heavy atom. The molecule has 0 radical (unpaired) electrons. The number of hydrogen-bond acceptors (Lipinski definition) is 3. The molecule has 0 aliphatic heterocycles. The van der Waals surface area contributed by atoms with Crippen LogP contribution in [0.15, 0.2) is 48.5 Å². The van der Waals surface area contributed by atoms with E-state index >= 15 is 0 Å². The standard InChI is InChI=1S/C18H20FNO3/c1-20(2)13-6-5-7-14(12-13)23-11-10-16(18(21)22)15-8-3-4-9-17(15)19/h3-9,12,16H,10-11H2,1-2H3,(H,21,22). The Bertz CT molecular complexity index is 673. The first-order valence-electron chi connectivity index (χ1n) is 7.36. The van der Waals surface area contributed by atoms with Gasteiger partial charge in [-0.15, -0.1) is 0 Å². The Labute approximate surface area is 135 Å². The molecule has 5 heteroatoms. The Morgan fingerprint density at radius 1 is 1.22 bits per heavy atom. The molecule has 2 aromatic carbocycles. The van der Waals surface area contributed by atoms with Crippen LogP contribution in [0.2, 0.25) is 0 Å². The molecule has 0 heterocycles. The molecule has 2 rings (SSSR count). The summed E-state index contributed by atoms with van der Waals surface area (Å²) in [5, 5.41) is 9.34. The zero-order chi connectivity index (χ0) is 16.8. The first kappa shape index (κ1) is 16.8. The maximum Gasteiger partial charge on any atom is 0.311 e. The minimum atomic E-state index is -1.05. The van der Waals surface area contributed by atoms with E-state index in [4.69, 9.17) is 4.74 Å². The Hall–Kier alpha value is -2.56. The molecule has 0 fully saturated rings. The molecule has 0 saturated heterocycles. The quantitative estimate of drug-likeness (QED) is 0.849. The van der Waals surface area contributed by atoms with Gasteiger partial charge in [0.1, 0.15) is 11.6 Å². The maximum atomic E-state index is 13.8. The first-order chi connectivity index (χ1) is 11.0. The van der Waals surface area contributed by atoms with Gasteiger partial charge in [0, 0.05) is 31.4 Å². The van der Waals surface area contributed by atoms with E-state index in [2.05, 4.69) is 0 Å². The van der Waals surface area contributed by atoms with Gasteiger partial charge in [0.25, 0.3) is 0 Å². The van der Waals surface area contributed by atoms with Crippen molar-refractivity contribution in [1.29, 1.82) is 0 Å². The number of nitrogens with zero attached hydrogens (tertiary/aromatic N) is 1. The highest BCUT2D eigenvalue weighted by Gasteiger charge is 2.22. The van der Waals surface area contributed by atoms with Crippen LogP contribution in [0.1, 0.15) is 17.9 Å². The van der Waals surface area contributed by atoms with Gasteiger partial charge in [0.2, 0.25) is 0 Å². The molecule has 0 bridgehead atoms. The second-order valence-corrected chi connectivity index (χ2v) is 5.44. The van der Waals surface area contributed by atoms with Crippen LogP contribution in [-0.4, -0.2) is 31.8 Å². The summed E-state index contributed by atoms with van der Waals surface area (Å²) in [6.45, 7) is 0.197. The van der Waals surface area contributed by atoms with E-state index in [0.717, 1.165) is 5.69 Å². The molecule has 0 amide bonds. The number of halogens is 1. The van der Waals surface area contributed by atoms with Crippen molar-refractivity contribution in [3.05, 3.63) is 59.9 Å². The normalized spacial score (nSPS) is 11.8. The highest BCUT2D eigenvalue weighted by atomic mass is 19.1. The number of ether oxygens (including phenoxy) is 1. The smallest absolute Gasteiger partial charge is 0.311 e. The summed E-state index contributed by atoms with van der Waals surface area (Å²) in [6.07, 6.45) is 0.197. The molecule has 1 atom stereocenters. The zero-order valence-electron chi connectivity index (χ0n) is 13.2. The third-order valence-electron chi connectivity index (χ3n) is 3.59. The molecular weight excluding hydrogens is 297 g/mol. The number of anilines is 1. The molecule has 1 N–H and O–H groups in total. The second-order valence-electron chi connectivity index (χ2n) is 5.44. The minimum absolute atomic E-state index is 0.186. The summed E-state index contributed by atoms with van der Waals surface area (Å²) in [4.78, 5) is 13.4. The van der Waals surface area contributed by atoms with E-state index in [1.807, 2.05) is 43.3 Å². The van der Waals surface area contributed by atoms with Crippen molar-refractivity contribution in [1.82, 2.24) is 0 Å². The van der Waals surface area contributed by atoms with Gasteiger partial charge in [0.05, 0.1) is 12.5 Å². The lowest BCUT2D eigenvalue weighted by Gasteiger charge is -2.16. The summed E-state index contributed by atoms with van der Waals surface area (Å²) in [6, 6.07) is 13.5. The Balaban J connectivity index is 2.02. The van der Waals surface area contributed by atoms with Gasteiger partial charge in [0.15, 0.2) is 0 Å². The minimum Gasteiger partial charge on any atom is -0.493 e. The monoisotopic (exact) mass is 317 g/mol. The zero-order valence-corrected chi connectivity index (χ0v) is 13.2. The highest BCUT2D eigenvalue weighted by Crippen LogP contribution is 2.24. The first-order valence-corrected chi connectivity index (χ1v) is 7.36. The van der Waals surface area contributed by atoms with Gasteiger partial charge in [-0.2, -0.15) is 0 Å². The lowest BCUT2D eigenvalue weighted by Crippen LogP contribution is -2.16. The second kappa shape index (κ2) is 7.63. The summed E-state index contributed by atoms with van der Waals surface area (Å²) >= 11 is 0. The van der Waals surface area contributed by atoms with Gasteiger partial charge < -0.3 is 14.7 Å². The molecule has 0 aromatic heterocycles. The Kier molecular flexibility index (Phi) is 5.57. The van der Waals surface area contributed by atoms with Crippen LogP contribution in [0.4, 0.5) is 10.1 Å². The molecular formula is C18H20FNO3. The lowest BCUT2D eigenvalue weighted by atomic mass is 9.96. The van der Waals surface area contributed by atoms with Crippen LogP contribution in [0.25, 0.3) is 0 Å². The third-order valence-corrected chi connectivity index (χ3v) is 3.59. The van der Waals surface area contributed by atoms with Crippen LogP contribution in [-0.2, 0) is 4.79 Å². The van der Waals surface area contributed by atoms with Crippen LogP contribution in [0.3, 0.4) is 0 Å². The predicted octanol–water partition coefficient (Wildman–Crippen LogP) is 3.53. The summed E-state index contributed by atoms with van der Waals surface area (Å²) in [5.74, 6) is -1.82. The number of hydrogen-bond donors (Lipinski definition) is 1. The number of benzene rings is 2. The molecule has 0 aliphatic rings. The van der Waals surface area contributed by atoms with Gasteiger partial charge in [-0.1, -0.05) is 24.3 Å². The van der Waals surface area contributed by atoms with E-state index in [1.54, 1.807) is 12.1 Å². The van der Waals surface area contributed by atoms with E-state index in [9.17, 15) is 14.3 Å². The topological polar surface area (TPSA) is 49.8 Å². The number of rotatable bonds is 7. The van der Waals surface area contributed by atoms with Crippen molar-refractivity contribution in [3.8, 4) is 5.75 Å². The van der Waals surface area contributed by atoms with Gasteiger partial charge in [-0.3, -0.25) is 4.79 Å². The third kappa shape index (κ3) is 4.45. The molecule has 0 spiro atoms. The van der Waals surface area contributed by atoms with Gasteiger partial charge in [-0.25, -0.2) is 4.39 Å². The van der Waals surface area contributed by atoms with Crippen molar-refractivity contribution in [2.75, 3.05) is 25.6 Å². The molecule has 2 aromatic rings. The number of carboxylic acids is 1. The average molecular weight is 317 g/mol. The summed E-state index contributed by atoms with van der Waals surface area (Å²) < 4.78 is 19.4. The Morgan fingerprint density at radius 3 is 2.61 bits per heavy atom. The molecule has 122 valence electrons. The van der Waals surface area contributed by atoms with Crippen molar-refractivity contribution in [3.63, 3.8) is 0 Å². The fraction of sp³-hybridized carbons (Fsp3) is 0.278. The van der Waals surface area contributed by atoms with E-state index in [0.29, 0.717) is 5.75 Å². The van der Waals surface area contributed by atoms with Crippen LogP contribution >= 0.6 is 0 Å². The lowest BCUT2D eigenvalue weighted by molar-refractivity contribution is -0.139. The molecule has 1 unspecified atom stereocenters. The van der Waals surface area contributed by atoms with Crippen molar-refractivity contribution < 1.29 is 19.0 Å². The SMILES string of the molecule is CN(C)c1cccc(OCCC(C(=O)O)c2ccccc2F)c1. The van der Waals surface area contributed by atoms with Crippen LogP contribution < -0.4 is 9.64 Å². The number of carboxylic acid groups (broad SMARTS) is 1. The predicted molar refractivity (Wildman–Crippen MR) is 87.7 cm³/mol. The van der Waals surface area contributed by atoms with Crippen molar-refractivity contribution in [2.24, 2.45) is 0 Å². The molecule has 0 aliphatic carbocycles. The molecule has 0 saturated carbocycles. The maximum absolute atomic E-state index is 13.8. The summed E-state index contributed by atoms with van der Waals surface area (Å²) in [7, 11) is 3.86. The van der Waals surface area contributed by atoms with Gasteiger partial charge in [-0.05, 0) is 24.6 Å². The largest absolute Gasteiger partial charge is 0.493 e. The van der Waals surface area contributed by atoms with E-state index < -0.39 is 17.7 Å². The average Bonchev–Trinajstić information content (AvgIpc) is 2.52. The number of aliphatic carboxylic acids is 1. The summed E-state index contributed by atoms with van der Waals surface area (Å²) in [5.41, 5.74) is 1.18. The highest BCUT2D eigenvalue weighted by molar-refractivity contribution is 5.76. The number of carbonyl (C=O) groups is 1.